The Bertz CT molecular complexity index is 1080. The number of hydrogen-bond acceptors (Lipinski definition) is 4. The summed E-state index contributed by atoms with van der Waals surface area (Å²) in [6.45, 7) is 4.03. The fourth-order valence-electron chi connectivity index (χ4n) is 3.13. The Kier molecular flexibility index (Phi) is 4.89. The number of nitrogens with zero attached hydrogens (tertiary/aromatic N) is 1. The summed E-state index contributed by atoms with van der Waals surface area (Å²) in [7, 11) is 1.67. The van der Waals surface area contributed by atoms with Crippen LogP contribution in [0.4, 0.5) is 11.5 Å². The van der Waals surface area contributed by atoms with E-state index >= 15 is 0 Å². The van der Waals surface area contributed by atoms with Gasteiger partial charge in [-0.2, -0.15) is 0 Å². The van der Waals surface area contributed by atoms with Crippen LogP contribution in [-0.4, -0.2) is 23.2 Å². The van der Waals surface area contributed by atoms with E-state index in [1.807, 2.05) is 62.4 Å². The molecule has 0 fully saturated rings. The first kappa shape index (κ1) is 17.9. The van der Waals surface area contributed by atoms with Crippen LogP contribution in [0, 0.1) is 0 Å². The topological polar surface area (TPSA) is 59.2 Å². The first-order valence-corrected chi connectivity index (χ1v) is 9.28. The minimum atomic E-state index is 0.157. The maximum Gasteiger partial charge on any atom is 0.139 e. The van der Waals surface area contributed by atoms with Crippen LogP contribution in [0.2, 0.25) is 0 Å². The van der Waals surface area contributed by atoms with Gasteiger partial charge in [-0.25, -0.2) is 4.98 Å². The third-order valence-electron chi connectivity index (χ3n) is 4.42. The van der Waals surface area contributed by atoms with E-state index in [1.54, 1.807) is 13.3 Å². The van der Waals surface area contributed by atoms with E-state index in [-0.39, 0.29) is 6.10 Å². The zero-order chi connectivity index (χ0) is 19.5. The summed E-state index contributed by atoms with van der Waals surface area (Å²) in [5.41, 5.74) is 4.07. The van der Waals surface area contributed by atoms with E-state index in [1.165, 1.54) is 0 Å². The highest BCUT2D eigenvalue weighted by atomic mass is 16.5. The molecule has 0 bridgehead atoms. The second-order valence-electron chi connectivity index (χ2n) is 6.85. The van der Waals surface area contributed by atoms with Crippen molar-refractivity contribution in [3.63, 3.8) is 0 Å². The van der Waals surface area contributed by atoms with Gasteiger partial charge in [-0.1, -0.05) is 12.1 Å². The molecule has 0 saturated carbocycles. The van der Waals surface area contributed by atoms with Crippen molar-refractivity contribution in [3.05, 3.63) is 66.9 Å². The highest BCUT2D eigenvalue weighted by molar-refractivity contribution is 5.95. The molecule has 0 radical (unpaired) electrons. The van der Waals surface area contributed by atoms with Crippen molar-refractivity contribution >= 4 is 22.4 Å². The number of pyridine rings is 1. The maximum absolute atomic E-state index is 5.70. The molecule has 28 heavy (non-hydrogen) atoms. The van der Waals surface area contributed by atoms with Gasteiger partial charge in [0, 0.05) is 28.5 Å². The Labute approximate surface area is 164 Å². The lowest BCUT2D eigenvalue weighted by molar-refractivity contribution is 0.242. The number of H-pyrrole nitrogens is 1. The van der Waals surface area contributed by atoms with Crippen molar-refractivity contribution in [1.29, 1.82) is 0 Å². The molecule has 0 unspecified atom stereocenters. The Morgan fingerprint density at radius 3 is 2.54 bits per heavy atom. The van der Waals surface area contributed by atoms with Gasteiger partial charge in [-0.05, 0) is 62.4 Å². The highest BCUT2D eigenvalue weighted by Crippen LogP contribution is 2.31. The van der Waals surface area contributed by atoms with Gasteiger partial charge in [-0.3, -0.25) is 0 Å². The molecule has 2 heterocycles. The summed E-state index contributed by atoms with van der Waals surface area (Å²) in [5.74, 6) is 2.49. The van der Waals surface area contributed by atoms with Crippen molar-refractivity contribution in [2.45, 2.75) is 20.0 Å². The quantitative estimate of drug-likeness (QED) is 0.450. The van der Waals surface area contributed by atoms with E-state index < -0.39 is 0 Å². The molecule has 0 aliphatic rings. The first-order chi connectivity index (χ1) is 13.6. The van der Waals surface area contributed by atoms with Crippen LogP contribution in [0.3, 0.4) is 0 Å². The normalized spacial score (nSPS) is 11.0. The van der Waals surface area contributed by atoms with Gasteiger partial charge in [0.1, 0.15) is 17.3 Å². The predicted molar refractivity (Wildman–Crippen MR) is 114 cm³/mol. The van der Waals surface area contributed by atoms with Crippen LogP contribution >= 0.6 is 0 Å². The Balaban J connectivity index is 1.63. The van der Waals surface area contributed by atoms with Crippen molar-refractivity contribution in [1.82, 2.24) is 9.97 Å². The third-order valence-corrected chi connectivity index (χ3v) is 4.42. The van der Waals surface area contributed by atoms with Crippen LogP contribution in [0.15, 0.2) is 66.9 Å². The summed E-state index contributed by atoms with van der Waals surface area (Å²) < 4.78 is 11.0. The molecule has 2 N–H and O–H groups in total. The van der Waals surface area contributed by atoms with E-state index in [2.05, 4.69) is 27.4 Å². The van der Waals surface area contributed by atoms with E-state index in [9.17, 15) is 0 Å². The van der Waals surface area contributed by atoms with Gasteiger partial charge in [-0.15, -0.1) is 0 Å². The van der Waals surface area contributed by atoms with Gasteiger partial charge in [0.15, 0.2) is 0 Å². The number of aromatic nitrogens is 2. The van der Waals surface area contributed by atoms with Gasteiger partial charge in [0.2, 0.25) is 0 Å². The van der Waals surface area contributed by atoms with Crippen LogP contribution in [-0.2, 0) is 0 Å². The average Bonchev–Trinajstić information content (AvgIpc) is 3.15. The Morgan fingerprint density at radius 1 is 0.964 bits per heavy atom. The standard InChI is InChI=1S/C23H23N3O2/c1-15(2)28-18-9-7-17(8-10-18)25-23-20-14-22(26-21(20)11-12-24-23)16-5-4-6-19(13-16)27-3/h4-15,26H,1-3H3,(H,24,25). The lowest BCUT2D eigenvalue weighted by Gasteiger charge is -2.11. The van der Waals surface area contributed by atoms with E-state index in [0.29, 0.717) is 0 Å². The molecule has 2 aromatic heterocycles. The first-order valence-electron chi connectivity index (χ1n) is 9.28. The number of ether oxygens (including phenoxy) is 2. The number of benzene rings is 2. The maximum atomic E-state index is 5.70. The number of anilines is 2. The molecule has 2 aromatic carbocycles. The predicted octanol–water partition coefficient (Wildman–Crippen LogP) is 5.77. The highest BCUT2D eigenvalue weighted by Gasteiger charge is 2.09. The smallest absolute Gasteiger partial charge is 0.139 e. The lowest BCUT2D eigenvalue weighted by Crippen LogP contribution is -2.05. The average molecular weight is 373 g/mol. The van der Waals surface area contributed by atoms with E-state index in [0.717, 1.165) is 45.2 Å². The van der Waals surface area contributed by atoms with Gasteiger partial charge in [0.05, 0.1) is 18.7 Å². The molecule has 5 heteroatoms. The van der Waals surface area contributed by atoms with Crippen LogP contribution in [0.25, 0.3) is 22.2 Å². The Hall–Kier alpha value is -3.47. The summed E-state index contributed by atoms with van der Waals surface area (Å²) in [5, 5.41) is 4.43. The molecule has 0 atom stereocenters. The van der Waals surface area contributed by atoms with E-state index in [4.69, 9.17) is 9.47 Å². The molecule has 0 spiro atoms. The molecule has 0 aliphatic carbocycles. The number of aromatic amines is 1. The second-order valence-corrected chi connectivity index (χ2v) is 6.85. The number of rotatable bonds is 6. The summed E-state index contributed by atoms with van der Waals surface area (Å²) in [6, 6.07) is 20.0. The number of fused-ring (bicyclic) bond motifs is 1. The second kappa shape index (κ2) is 7.64. The fraction of sp³-hybridized carbons (Fsp3) is 0.174. The summed E-state index contributed by atoms with van der Waals surface area (Å²) in [6.07, 6.45) is 1.95. The lowest BCUT2D eigenvalue weighted by atomic mass is 10.1. The zero-order valence-corrected chi connectivity index (χ0v) is 16.2. The molecule has 4 aromatic rings. The number of hydrogen-bond donors (Lipinski definition) is 2. The monoisotopic (exact) mass is 373 g/mol. The molecule has 0 amide bonds. The molecule has 0 saturated heterocycles. The van der Waals surface area contributed by atoms with Crippen molar-refractivity contribution in [2.24, 2.45) is 0 Å². The minimum absolute atomic E-state index is 0.157. The van der Waals surface area contributed by atoms with Crippen molar-refractivity contribution in [3.8, 4) is 22.8 Å². The van der Waals surface area contributed by atoms with Crippen molar-refractivity contribution in [2.75, 3.05) is 12.4 Å². The van der Waals surface area contributed by atoms with Crippen LogP contribution < -0.4 is 14.8 Å². The molecular weight excluding hydrogens is 350 g/mol. The summed E-state index contributed by atoms with van der Waals surface area (Å²) in [4.78, 5) is 7.99. The van der Waals surface area contributed by atoms with Crippen LogP contribution in [0.1, 0.15) is 13.8 Å². The largest absolute Gasteiger partial charge is 0.497 e. The van der Waals surface area contributed by atoms with Gasteiger partial charge >= 0.3 is 0 Å². The summed E-state index contributed by atoms with van der Waals surface area (Å²) >= 11 is 0. The zero-order valence-electron chi connectivity index (χ0n) is 16.2. The van der Waals surface area contributed by atoms with Crippen LogP contribution in [0.5, 0.6) is 11.5 Å². The van der Waals surface area contributed by atoms with Gasteiger partial charge in [0.25, 0.3) is 0 Å². The Morgan fingerprint density at radius 2 is 1.79 bits per heavy atom. The number of methoxy groups -OCH3 is 1. The SMILES string of the molecule is COc1cccc(-c2cc3c(Nc4ccc(OC(C)C)cc4)nccc3[nH]2)c1. The fourth-order valence-corrected chi connectivity index (χ4v) is 3.13. The molecule has 0 aliphatic heterocycles. The van der Waals surface area contributed by atoms with Crippen molar-refractivity contribution < 1.29 is 9.47 Å². The molecule has 142 valence electrons. The minimum Gasteiger partial charge on any atom is -0.497 e. The number of nitrogens with one attached hydrogen (secondary N) is 2. The molecule has 4 rings (SSSR count). The molecular formula is C23H23N3O2. The molecule has 5 nitrogen and oxygen atoms in total. The third kappa shape index (κ3) is 3.78. The van der Waals surface area contributed by atoms with Gasteiger partial charge < -0.3 is 19.8 Å².